The number of nitrogens with zero attached hydrogens (tertiary/aromatic N) is 3. The number of hydrogen-bond donors (Lipinski definition) is 1. The minimum Gasteiger partial charge on any atom is -0.507 e. The molecule has 2 aliphatic carbocycles. The van der Waals surface area contributed by atoms with E-state index in [0.717, 1.165) is 15.5 Å². The van der Waals surface area contributed by atoms with E-state index in [1.165, 1.54) is 15.4 Å². The summed E-state index contributed by atoms with van der Waals surface area (Å²) in [6.45, 7) is 3.57. The van der Waals surface area contributed by atoms with Crippen molar-refractivity contribution in [2.75, 3.05) is 0 Å². The molecular weight excluding hydrogens is 506 g/mol. The van der Waals surface area contributed by atoms with E-state index in [4.69, 9.17) is 0 Å². The topological polar surface area (TPSA) is 103 Å². The molecule has 4 aromatic rings. The summed E-state index contributed by atoms with van der Waals surface area (Å²) in [6.07, 6.45) is 3.51. The Morgan fingerprint density at radius 3 is 2.40 bits per heavy atom. The van der Waals surface area contributed by atoms with Crippen LogP contribution in [0.15, 0.2) is 99.6 Å². The first-order valence-electron chi connectivity index (χ1n) is 13.4. The van der Waals surface area contributed by atoms with Gasteiger partial charge in [0, 0.05) is 22.8 Å². The highest BCUT2D eigenvalue weighted by Crippen LogP contribution is 2.61. The number of aromatic nitrogens is 3. The molecule has 0 radical (unpaired) electrons. The van der Waals surface area contributed by atoms with Gasteiger partial charge >= 0.3 is 11.4 Å². The molecule has 0 amide bonds. The quantitative estimate of drug-likeness (QED) is 0.392. The minimum absolute atomic E-state index is 0.0494. The van der Waals surface area contributed by atoms with Crippen molar-refractivity contribution in [3.05, 3.63) is 117 Å². The highest BCUT2D eigenvalue weighted by Gasteiger charge is 2.59. The number of ketones is 2. The number of hydrogen-bond acceptors (Lipinski definition) is 5. The summed E-state index contributed by atoms with van der Waals surface area (Å²) < 4.78 is 3.99. The number of benzene rings is 3. The number of allylic oxidation sites excluding steroid dienone is 4. The zero-order valence-electron chi connectivity index (χ0n) is 22.1. The second-order valence-corrected chi connectivity index (χ2v) is 11.2. The lowest BCUT2D eigenvalue weighted by atomic mass is 9.51. The van der Waals surface area contributed by atoms with Gasteiger partial charge in [0.1, 0.15) is 5.75 Å². The second kappa shape index (κ2) is 8.39. The molecule has 0 saturated heterocycles. The molecule has 8 heteroatoms. The number of fused-ring (bicyclic) bond motifs is 5. The molecule has 1 aromatic heterocycles. The van der Waals surface area contributed by atoms with Crippen LogP contribution in [-0.4, -0.2) is 30.6 Å². The van der Waals surface area contributed by atoms with E-state index >= 15 is 0 Å². The second-order valence-electron chi connectivity index (χ2n) is 11.2. The van der Waals surface area contributed by atoms with Gasteiger partial charge in [0.25, 0.3) is 0 Å². The third kappa shape index (κ3) is 3.07. The van der Waals surface area contributed by atoms with Gasteiger partial charge in [-0.05, 0) is 48.1 Å². The van der Waals surface area contributed by atoms with Crippen LogP contribution in [0.2, 0.25) is 0 Å². The van der Waals surface area contributed by atoms with Gasteiger partial charge < -0.3 is 5.11 Å². The monoisotopic (exact) mass is 533 g/mol. The molecule has 0 bridgehead atoms. The molecule has 7 rings (SSSR count). The van der Waals surface area contributed by atoms with E-state index in [0.29, 0.717) is 22.2 Å². The third-order valence-corrected chi connectivity index (χ3v) is 9.20. The average Bonchev–Trinajstić information content (AvgIpc) is 3.22. The predicted octanol–water partition coefficient (Wildman–Crippen LogP) is 4.05. The molecule has 1 fully saturated rings. The van der Waals surface area contributed by atoms with Crippen molar-refractivity contribution in [3.8, 4) is 11.4 Å². The summed E-state index contributed by atoms with van der Waals surface area (Å²) >= 11 is 0. The van der Waals surface area contributed by atoms with Crippen LogP contribution in [-0.2, 0) is 16.1 Å². The Bertz CT molecular complexity index is 1940. The van der Waals surface area contributed by atoms with Crippen LogP contribution in [0.5, 0.6) is 5.75 Å². The van der Waals surface area contributed by atoms with E-state index in [2.05, 4.69) is 0 Å². The molecule has 3 aliphatic rings. The van der Waals surface area contributed by atoms with Gasteiger partial charge in [-0.3, -0.25) is 9.59 Å². The van der Waals surface area contributed by atoms with E-state index in [1.54, 1.807) is 38.1 Å². The maximum Gasteiger partial charge on any atom is 0.352 e. The Hall–Kier alpha value is -4.72. The van der Waals surface area contributed by atoms with Crippen LogP contribution in [0.4, 0.5) is 0 Å². The average molecular weight is 534 g/mol. The van der Waals surface area contributed by atoms with Crippen LogP contribution < -0.4 is 11.4 Å². The number of aromatic hydroxyl groups is 1. The van der Waals surface area contributed by atoms with Gasteiger partial charge in [-0.1, -0.05) is 67.6 Å². The number of carbonyl (C=O) groups is 2. The fourth-order valence-electron chi connectivity index (χ4n) is 7.19. The van der Waals surface area contributed by atoms with Gasteiger partial charge in [-0.25, -0.2) is 23.5 Å². The molecule has 0 unspecified atom stereocenters. The van der Waals surface area contributed by atoms with E-state index in [9.17, 15) is 24.3 Å². The summed E-state index contributed by atoms with van der Waals surface area (Å²) in [6, 6.07) is 19.3. The number of phenolic OH excluding ortho intramolecular Hbond substituents is 1. The Balaban J connectivity index is 1.49. The number of para-hydroxylation sites is 1. The van der Waals surface area contributed by atoms with Gasteiger partial charge in [-0.2, -0.15) is 0 Å². The Morgan fingerprint density at radius 1 is 0.900 bits per heavy atom. The highest BCUT2D eigenvalue weighted by atomic mass is 16.3. The molecule has 0 spiro atoms. The first kappa shape index (κ1) is 24.3. The van der Waals surface area contributed by atoms with E-state index in [1.807, 2.05) is 48.5 Å². The normalized spacial score (nSPS) is 25.6. The van der Waals surface area contributed by atoms with Crippen LogP contribution in [0.25, 0.3) is 16.5 Å². The minimum atomic E-state index is -1.17. The molecule has 40 heavy (non-hydrogen) atoms. The lowest BCUT2D eigenvalue weighted by Gasteiger charge is -2.52. The van der Waals surface area contributed by atoms with Gasteiger partial charge in [0.05, 0.1) is 23.7 Å². The largest absolute Gasteiger partial charge is 0.507 e. The van der Waals surface area contributed by atoms with Gasteiger partial charge in [-0.15, -0.1) is 0 Å². The molecule has 200 valence electrons. The molecule has 3 aromatic carbocycles. The summed E-state index contributed by atoms with van der Waals surface area (Å²) in [5.74, 6) is -1.70. The first-order valence-corrected chi connectivity index (χ1v) is 13.4. The smallest absolute Gasteiger partial charge is 0.352 e. The molecule has 1 aliphatic heterocycles. The molecule has 8 nitrogen and oxygen atoms in total. The highest BCUT2D eigenvalue weighted by molar-refractivity contribution is 6.13. The van der Waals surface area contributed by atoms with Crippen molar-refractivity contribution in [2.45, 2.75) is 38.8 Å². The zero-order valence-corrected chi connectivity index (χ0v) is 22.1. The summed E-state index contributed by atoms with van der Waals surface area (Å²) in [5, 5.41) is 13.1. The lowest BCUT2D eigenvalue weighted by molar-refractivity contribution is -0.139. The summed E-state index contributed by atoms with van der Waals surface area (Å²) in [5.41, 5.74) is -0.0177. The van der Waals surface area contributed by atoms with E-state index < -0.39 is 34.7 Å². The molecule has 2 heterocycles. The number of phenols is 1. The number of carbonyl (C=O) groups excluding carboxylic acids is 2. The van der Waals surface area contributed by atoms with Gasteiger partial charge in [0.2, 0.25) is 0 Å². The summed E-state index contributed by atoms with van der Waals surface area (Å²) in [7, 11) is 0. The maximum absolute atomic E-state index is 13.9. The Labute approximate surface area is 229 Å². The molecule has 1 saturated carbocycles. The number of Topliss-reactive ketones (excluding diaryl/α,β-unsaturated/α-hetero) is 1. The molecular formula is C32H27N3O5. The van der Waals surface area contributed by atoms with Crippen LogP contribution in [0, 0.1) is 11.3 Å². The van der Waals surface area contributed by atoms with Crippen molar-refractivity contribution < 1.29 is 14.7 Å². The number of rotatable bonds is 2. The SMILES string of the molecule is CC1=CC(=O)[C@@]2(C)[C@@H](c3ccc4ccccc4c3O)C3=CCn4c(=O)n(-c5ccccc5)c(=O)n4[C@@H]3C[C@H]2C1=O. The van der Waals surface area contributed by atoms with Crippen molar-refractivity contribution >= 4 is 22.3 Å². The lowest BCUT2D eigenvalue weighted by Crippen LogP contribution is -2.54. The van der Waals surface area contributed by atoms with Crippen molar-refractivity contribution in [1.82, 2.24) is 13.9 Å². The molecule has 1 N–H and O–H groups in total. The Morgan fingerprint density at radius 2 is 1.62 bits per heavy atom. The van der Waals surface area contributed by atoms with Crippen molar-refractivity contribution in [2.24, 2.45) is 11.3 Å². The van der Waals surface area contributed by atoms with Crippen LogP contribution in [0.3, 0.4) is 0 Å². The standard InChI is InChI=1S/C32H27N3O5/c1-18-16-26(36)32(2)24(28(18)37)17-25-22(27(32)23-13-12-19-8-6-7-11-21(19)29(23)38)14-15-33-30(39)34(31(40)35(25)33)20-9-4-3-5-10-20/h3-14,16,24-25,27,38H,15,17H2,1-2H3/t24-,25+,27+,32-/m0/s1. The van der Waals surface area contributed by atoms with Crippen molar-refractivity contribution in [3.63, 3.8) is 0 Å². The predicted molar refractivity (Wildman–Crippen MR) is 150 cm³/mol. The first-order chi connectivity index (χ1) is 19.2. The van der Waals surface area contributed by atoms with E-state index in [-0.39, 0.29) is 30.3 Å². The Kier molecular flexibility index (Phi) is 5.10. The fraction of sp³-hybridized carbons (Fsp3) is 0.250. The van der Waals surface area contributed by atoms with Gasteiger partial charge in [0.15, 0.2) is 11.6 Å². The third-order valence-electron chi connectivity index (χ3n) is 9.20. The van der Waals surface area contributed by atoms with Crippen LogP contribution >= 0.6 is 0 Å². The van der Waals surface area contributed by atoms with Crippen LogP contribution in [0.1, 0.15) is 37.8 Å². The summed E-state index contributed by atoms with van der Waals surface area (Å²) in [4.78, 5) is 54.9. The maximum atomic E-state index is 13.9. The fourth-order valence-corrected chi connectivity index (χ4v) is 7.19. The zero-order chi connectivity index (χ0) is 27.9. The molecule has 4 atom stereocenters. The van der Waals surface area contributed by atoms with Crippen molar-refractivity contribution in [1.29, 1.82) is 0 Å².